The SMILES string of the molecule is CC=Nc1c(NCC(c2ccccc2)c2ccccc2)nc(=O)[nH]c1[C@H]1C=CC(N(C(=O)OCc2ccccc2)C(=O)OCc2ccccc2)C1. The van der Waals surface area contributed by atoms with Crippen LogP contribution in [-0.4, -0.2) is 45.9 Å². The number of carbonyl (C=O) groups excluding carboxylic acids is 2. The molecule has 258 valence electrons. The van der Waals surface area contributed by atoms with Crippen LogP contribution in [0.2, 0.25) is 0 Å². The van der Waals surface area contributed by atoms with E-state index in [-0.39, 0.29) is 25.6 Å². The van der Waals surface area contributed by atoms with Gasteiger partial charge in [-0.05, 0) is 35.6 Å². The minimum Gasteiger partial charge on any atom is -0.444 e. The van der Waals surface area contributed by atoms with Crippen molar-refractivity contribution < 1.29 is 19.1 Å². The molecule has 1 heterocycles. The van der Waals surface area contributed by atoms with Crippen LogP contribution in [0.25, 0.3) is 0 Å². The van der Waals surface area contributed by atoms with Crippen molar-refractivity contribution >= 4 is 29.9 Å². The molecule has 1 aliphatic rings. The van der Waals surface area contributed by atoms with Gasteiger partial charge in [0.05, 0.1) is 11.7 Å². The summed E-state index contributed by atoms with van der Waals surface area (Å²) in [7, 11) is 0. The highest BCUT2D eigenvalue weighted by molar-refractivity contribution is 5.88. The number of imide groups is 1. The van der Waals surface area contributed by atoms with Crippen LogP contribution >= 0.6 is 0 Å². The molecule has 5 aromatic rings. The van der Waals surface area contributed by atoms with E-state index in [0.29, 0.717) is 23.7 Å². The lowest BCUT2D eigenvalue weighted by molar-refractivity contribution is 0.0617. The summed E-state index contributed by atoms with van der Waals surface area (Å²) in [5.74, 6) is -0.0965. The summed E-state index contributed by atoms with van der Waals surface area (Å²) in [6.07, 6.45) is 3.84. The number of H-pyrrole nitrogens is 1. The molecular weight excluding hydrogens is 642 g/mol. The molecule has 6 rings (SSSR count). The molecule has 1 unspecified atom stereocenters. The maximum absolute atomic E-state index is 13.5. The van der Waals surface area contributed by atoms with E-state index in [4.69, 9.17) is 9.47 Å². The third kappa shape index (κ3) is 8.85. The summed E-state index contributed by atoms with van der Waals surface area (Å²) in [6.45, 7) is 2.21. The number of ether oxygens (including phenoxy) is 2. The number of aliphatic imine (C=N–C) groups is 1. The van der Waals surface area contributed by atoms with Gasteiger partial charge < -0.3 is 19.8 Å². The molecule has 10 heteroatoms. The molecule has 0 radical (unpaired) electrons. The highest BCUT2D eigenvalue weighted by Gasteiger charge is 2.37. The highest BCUT2D eigenvalue weighted by atomic mass is 16.6. The van der Waals surface area contributed by atoms with Gasteiger partial charge in [-0.15, -0.1) is 0 Å². The monoisotopic (exact) mass is 681 g/mol. The number of rotatable bonds is 12. The van der Waals surface area contributed by atoms with Crippen molar-refractivity contribution in [3.63, 3.8) is 0 Å². The minimum absolute atomic E-state index is 0.0168. The molecule has 0 aliphatic heterocycles. The Balaban J connectivity index is 1.24. The van der Waals surface area contributed by atoms with Crippen molar-refractivity contribution in [3.8, 4) is 0 Å². The summed E-state index contributed by atoms with van der Waals surface area (Å²) in [6, 6.07) is 38.0. The molecule has 0 saturated heterocycles. The molecule has 0 bridgehead atoms. The predicted octanol–water partition coefficient (Wildman–Crippen LogP) is 8.12. The van der Waals surface area contributed by atoms with Gasteiger partial charge in [0.1, 0.15) is 18.9 Å². The van der Waals surface area contributed by atoms with Crippen molar-refractivity contribution in [3.05, 3.63) is 172 Å². The minimum atomic E-state index is -0.836. The number of allylic oxidation sites excluding steroid dienone is 1. The molecular formula is C41H39N5O5. The second kappa shape index (κ2) is 16.9. The molecule has 0 saturated carbocycles. The van der Waals surface area contributed by atoms with E-state index in [1.165, 1.54) is 0 Å². The van der Waals surface area contributed by atoms with Gasteiger partial charge in [0, 0.05) is 24.6 Å². The number of nitrogens with one attached hydrogen (secondary N) is 2. The number of hydrogen-bond acceptors (Lipinski definition) is 8. The van der Waals surface area contributed by atoms with E-state index >= 15 is 0 Å². The number of benzene rings is 4. The van der Waals surface area contributed by atoms with E-state index in [1.807, 2.05) is 103 Å². The Morgan fingerprint density at radius 1 is 0.824 bits per heavy atom. The molecule has 4 aromatic carbocycles. The first-order valence-electron chi connectivity index (χ1n) is 16.9. The quantitative estimate of drug-likeness (QED) is 0.101. The summed E-state index contributed by atoms with van der Waals surface area (Å²) in [4.78, 5) is 52.9. The molecule has 2 amide bonds. The number of carbonyl (C=O) groups is 2. The van der Waals surface area contributed by atoms with Crippen molar-refractivity contribution in [2.24, 2.45) is 4.99 Å². The Hall–Kier alpha value is -6.29. The lowest BCUT2D eigenvalue weighted by atomic mass is 9.91. The third-order valence-electron chi connectivity index (χ3n) is 8.64. The fraction of sp³-hybridized carbons (Fsp3) is 0.195. The van der Waals surface area contributed by atoms with Crippen molar-refractivity contribution in [2.45, 2.75) is 44.4 Å². The number of nitrogens with zero attached hydrogens (tertiary/aromatic N) is 3. The molecule has 1 aliphatic carbocycles. The fourth-order valence-corrected chi connectivity index (χ4v) is 6.14. The standard InChI is InChI=1S/C41H39N5O5/c1-2-42-37-36(44-39(47)45-38(37)43-26-35(31-19-11-5-12-20-31)32-21-13-6-14-22-32)33-23-24-34(25-33)46(40(48)50-27-29-15-7-3-8-16-29)41(49)51-28-30-17-9-4-10-18-30/h2-24,33-35H,25-28H2,1H3,(H2,43,44,45,47)/t33-,34?/m0/s1. The number of aromatic nitrogens is 2. The van der Waals surface area contributed by atoms with Gasteiger partial charge in [-0.25, -0.2) is 19.3 Å². The maximum atomic E-state index is 13.5. The first-order chi connectivity index (χ1) is 25.0. The van der Waals surface area contributed by atoms with Crippen LogP contribution in [0.3, 0.4) is 0 Å². The summed E-state index contributed by atoms with van der Waals surface area (Å²) in [5, 5.41) is 3.41. The van der Waals surface area contributed by atoms with Crippen LogP contribution in [0.15, 0.2) is 143 Å². The lowest BCUT2D eigenvalue weighted by Crippen LogP contribution is -2.44. The van der Waals surface area contributed by atoms with Crippen molar-refractivity contribution in [2.75, 3.05) is 11.9 Å². The zero-order valence-electron chi connectivity index (χ0n) is 28.2. The van der Waals surface area contributed by atoms with E-state index in [0.717, 1.165) is 27.2 Å². The Morgan fingerprint density at radius 2 is 1.33 bits per heavy atom. The lowest BCUT2D eigenvalue weighted by Gasteiger charge is -2.26. The summed E-state index contributed by atoms with van der Waals surface area (Å²) >= 11 is 0. The van der Waals surface area contributed by atoms with Crippen LogP contribution in [0.1, 0.15) is 53.1 Å². The zero-order chi connectivity index (χ0) is 35.4. The third-order valence-corrected chi connectivity index (χ3v) is 8.64. The molecule has 10 nitrogen and oxygen atoms in total. The smallest absolute Gasteiger partial charge is 0.420 e. The molecule has 0 fully saturated rings. The van der Waals surface area contributed by atoms with Crippen LogP contribution in [0.4, 0.5) is 21.1 Å². The summed E-state index contributed by atoms with van der Waals surface area (Å²) < 4.78 is 11.2. The fourth-order valence-electron chi connectivity index (χ4n) is 6.14. The number of amides is 2. The average molecular weight is 682 g/mol. The van der Waals surface area contributed by atoms with Crippen molar-refractivity contribution in [1.82, 2.24) is 14.9 Å². The first-order valence-corrected chi connectivity index (χ1v) is 16.9. The first kappa shape index (κ1) is 34.6. The van der Waals surface area contributed by atoms with Gasteiger partial charge >= 0.3 is 17.9 Å². The molecule has 0 spiro atoms. The Kier molecular flexibility index (Phi) is 11.4. The van der Waals surface area contributed by atoms with Crippen LogP contribution in [-0.2, 0) is 22.7 Å². The van der Waals surface area contributed by atoms with E-state index in [2.05, 4.69) is 44.5 Å². The van der Waals surface area contributed by atoms with Gasteiger partial charge in [0.2, 0.25) is 0 Å². The Bertz CT molecular complexity index is 1920. The molecule has 1 aromatic heterocycles. The largest absolute Gasteiger partial charge is 0.444 e. The van der Waals surface area contributed by atoms with Crippen molar-refractivity contribution in [1.29, 1.82) is 0 Å². The van der Waals surface area contributed by atoms with Gasteiger partial charge in [0.25, 0.3) is 0 Å². The highest BCUT2D eigenvalue weighted by Crippen LogP contribution is 2.38. The predicted molar refractivity (Wildman–Crippen MR) is 197 cm³/mol. The van der Waals surface area contributed by atoms with E-state index in [9.17, 15) is 14.4 Å². The van der Waals surface area contributed by atoms with E-state index < -0.39 is 29.8 Å². The van der Waals surface area contributed by atoms with Crippen LogP contribution < -0.4 is 11.0 Å². The topological polar surface area (TPSA) is 126 Å². The molecule has 2 atom stereocenters. The Labute approximate surface area is 296 Å². The van der Waals surface area contributed by atoms with E-state index in [1.54, 1.807) is 19.2 Å². The van der Waals surface area contributed by atoms with Gasteiger partial charge in [-0.2, -0.15) is 4.98 Å². The normalized spacial score (nSPS) is 15.2. The summed E-state index contributed by atoms with van der Waals surface area (Å²) in [5.41, 5.74) is 4.22. The van der Waals surface area contributed by atoms with Crippen LogP contribution in [0.5, 0.6) is 0 Å². The molecule has 2 N–H and O–H groups in total. The van der Waals surface area contributed by atoms with Crippen LogP contribution in [0, 0.1) is 0 Å². The van der Waals surface area contributed by atoms with Gasteiger partial charge in [-0.3, -0.25) is 4.99 Å². The van der Waals surface area contributed by atoms with Gasteiger partial charge in [0.15, 0.2) is 5.82 Å². The maximum Gasteiger partial charge on any atom is 0.420 e. The number of anilines is 1. The number of hydrogen-bond donors (Lipinski definition) is 2. The second-order valence-corrected chi connectivity index (χ2v) is 12.0. The molecule has 51 heavy (non-hydrogen) atoms. The Morgan fingerprint density at radius 3 is 1.84 bits per heavy atom. The zero-order valence-corrected chi connectivity index (χ0v) is 28.2. The number of aromatic amines is 1. The second-order valence-electron chi connectivity index (χ2n) is 12.0. The van der Waals surface area contributed by atoms with Gasteiger partial charge in [-0.1, -0.05) is 133 Å². The average Bonchev–Trinajstić information content (AvgIpc) is 3.65.